The van der Waals surface area contributed by atoms with Gasteiger partial charge in [0.1, 0.15) is 5.60 Å². The number of thiophene rings is 1. The lowest BCUT2D eigenvalue weighted by Gasteiger charge is -2.34. The Hall–Kier alpha value is -2.19. The van der Waals surface area contributed by atoms with Crippen LogP contribution < -0.4 is 5.56 Å². The maximum absolute atomic E-state index is 12.6. The average Bonchev–Trinajstić information content (AvgIpc) is 3.32. The molecule has 29 heavy (non-hydrogen) atoms. The van der Waals surface area contributed by atoms with Gasteiger partial charge in [-0.15, -0.1) is 11.3 Å². The van der Waals surface area contributed by atoms with E-state index in [0.29, 0.717) is 18.8 Å². The van der Waals surface area contributed by atoms with Crippen molar-refractivity contribution in [2.24, 2.45) is 0 Å². The Morgan fingerprint density at radius 3 is 2.93 bits per heavy atom. The zero-order valence-electron chi connectivity index (χ0n) is 17.2. The van der Waals surface area contributed by atoms with E-state index in [4.69, 9.17) is 9.72 Å². The van der Waals surface area contributed by atoms with Crippen molar-refractivity contribution in [3.05, 3.63) is 39.1 Å². The second-order valence-corrected chi connectivity index (χ2v) is 9.72. The standard InChI is InChI=1S/C21H28N4O3S/c1-21(2,3)28-20(27)25-9-4-6-14(25)12-24-10-8-15-16(13-24)22-18(23-19(15)26)17-7-5-11-29-17/h5,7,11,14H,4,6,8-10,12-13H2,1-3H3,(H,22,23,26). The topological polar surface area (TPSA) is 78.5 Å². The summed E-state index contributed by atoms with van der Waals surface area (Å²) in [5, 5.41) is 1.98. The molecule has 1 atom stereocenters. The number of aromatic amines is 1. The lowest BCUT2D eigenvalue weighted by molar-refractivity contribution is 0.0192. The molecule has 0 aliphatic carbocycles. The molecule has 1 N–H and O–H groups in total. The number of nitrogens with one attached hydrogen (secondary N) is 1. The first-order valence-electron chi connectivity index (χ1n) is 10.2. The second-order valence-electron chi connectivity index (χ2n) is 8.77. The van der Waals surface area contributed by atoms with Gasteiger partial charge in [-0.2, -0.15) is 0 Å². The number of fused-ring (bicyclic) bond motifs is 1. The molecular formula is C21H28N4O3S. The average molecular weight is 417 g/mol. The fourth-order valence-electron chi connectivity index (χ4n) is 4.06. The Balaban J connectivity index is 1.47. The van der Waals surface area contributed by atoms with E-state index in [2.05, 4.69) is 9.88 Å². The van der Waals surface area contributed by atoms with Crippen molar-refractivity contribution in [2.45, 2.75) is 58.2 Å². The molecule has 0 saturated carbocycles. The van der Waals surface area contributed by atoms with E-state index in [-0.39, 0.29) is 17.7 Å². The van der Waals surface area contributed by atoms with Gasteiger partial charge in [-0.1, -0.05) is 6.07 Å². The van der Waals surface area contributed by atoms with Crippen LogP contribution in [0.2, 0.25) is 0 Å². The van der Waals surface area contributed by atoms with E-state index < -0.39 is 5.60 Å². The number of ether oxygens (including phenoxy) is 1. The lowest BCUT2D eigenvalue weighted by Crippen LogP contribution is -2.46. The molecule has 2 aliphatic heterocycles. The van der Waals surface area contributed by atoms with Gasteiger partial charge in [0.05, 0.1) is 10.6 Å². The molecule has 4 heterocycles. The predicted molar refractivity (Wildman–Crippen MR) is 113 cm³/mol. The van der Waals surface area contributed by atoms with E-state index in [9.17, 15) is 9.59 Å². The smallest absolute Gasteiger partial charge is 0.410 e. The summed E-state index contributed by atoms with van der Waals surface area (Å²) in [7, 11) is 0. The molecule has 1 fully saturated rings. The fourth-order valence-corrected chi connectivity index (χ4v) is 4.73. The zero-order chi connectivity index (χ0) is 20.6. The van der Waals surface area contributed by atoms with Crippen LogP contribution in [0.15, 0.2) is 22.3 Å². The van der Waals surface area contributed by atoms with Gasteiger partial charge in [0.25, 0.3) is 5.56 Å². The summed E-state index contributed by atoms with van der Waals surface area (Å²) in [6, 6.07) is 4.06. The fraction of sp³-hybridized carbons (Fsp3) is 0.571. The minimum absolute atomic E-state index is 0.0331. The normalized spacial score (nSPS) is 20.0. The summed E-state index contributed by atoms with van der Waals surface area (Å²) in [5.41, 5.74) is 1.12. The molecule has 0 radical (unpaired) electrons. The molecule has 7 nitrogen and oxygen atoms in total. The maximum Gasteiger partial charge on any atom is 0.410 e. The number of nitrogens with zero attached hydrogens (tertiary/aromatic N) is 3. The van der Waals surface area contributed by atoms with Crippen LogP contribution in [0.1, 0.15) is 44.9 Å². The second kappa shape index (κ2) is 7.91. The van der Waals surface area contributed by atoms with E-state index in [1.54, 1.807) is 11.3 Å². The molecule has 156 valence electrons. The van der Waals surface area contributed by atoms with Gasteiger partial charge in [0, 0.05) is 37.8 Å². The highest BCUT2D eigenvalue weighted by Crippen LogP contribution is 2.25. The molecule has 4 rings (SSSR count). The van der Waals surface area contributed by atoms with Crippen molar-refractivity contribution in [3.8, 4) is 10.7 Å². The molecule has 2 aliphatic rings. The summed E-state index contributed by atoms with van der Waals surface area (Å²) >= 11 is 1.57. The van der Waals surface area contributed by atoms with Crippen molar-refractivity contribution in [1.29, 1.82) is 0 Å². The monoisotopic (exact) mass is 416 g/mol. The Morgan fingerprint density at radius 2 is 2.21 bits per heavy atom. The molecular weight excluding hydrogens is 388 g/mol. The molecule has 0 bridgehead atoms. The van der Waals surface area contributed by atoms with Gasteiger partial charge in [-0.05, 0) is 51.5 Å². The van der Waals surface area contributed by atoms with Gasteiger partial charge in [-0.3, -0.25) is 9.69 Å². The predicted octanol–water partition coefficient (Wildman–Crippen LogP) is 3.26. The Kier molecular flexibility index (Phi) is 5.48. The zero-order valence-corrected chi connectivity index (χ0v) is 18.1. The molecule has 0 spiro atoms. The molecule has 0 aromatic carbocycles. The van der Waals surface area contributed by atoms with Crippen LogP contribution in [0.25, 0.3) is 10.7 Å². The van der Waals surface area contributed by atoms with Crippen LogP contribution in [-0.2, 0) is 17.7 Å². The summed E-state index contributed by atoms with van der Waals surface area (Å²) < 4.78 is 5.58. The summed E-state index contributed by atoms with van der Waals surface area (Å²) in [4.78, 5) is 37.9. The third-order valence-electron chi connectivity index (χ3n) is 5.38. The first kappa shape index (κ1) is 20.1. The van der Waals surface area contributed by atoms with Crippen molar-refractivity contribution in [3.63, 3.8) is 0 Å². The number of amides is 1. The van der Waals surface area contributed by atoms with E-state index in [1.807, 2.05) is 43.2 Å². The highest BCUT2D eigenvalue weighted by Gasteiger charge is 2.34. The quantitative estimate of drug-likeness (QED) is 0.831. The van der Waals surface area contributed by atoms with Gasteiger partial charge in [0.15, 0.2) is 5.82 Å². The molecule has 2 aromatic heterocycles. The largest absolute Gasteiger partial charge is 0.444 e. The van der Waals surface area contributed by atoms with Gasteiger partial charge < -0.3 is 14.6 Å². The number of aromatic nitrogens is 2. The third kappa shape index (κ3) is 4.53. The minimum Gasteiger partial charge on any atom is -0.444 e. The molecule has 2 aromatic rings. The molecule has 1 amide bonds. The lowest BCUT2D eigenvalue weighted by atomic mass is 10.1. The van der Waals surface area contributed by atoms with Crippen LogP contribution >= 0.6 is 11.3 Å². The number of carbonyl (C=O) groups excluding carboxylic acids is 1. The number of hydrogen-bond acceptors (Lipinski definition) is 6. The van der Waals surface area contributed by atoms with Gasteiger partial charge in [0.2, 0.25) is 0 Å². The van der Waals surface area contributed by atoms with Gasteiger partial charge >= 0.3 is 6.09 Å². The number of likely N-dealkylation sites (tertiary alicyclic amines) is 1. The highest BCUT2D eigenvalue weighted by atomic mass is 32.1. The number of hydrogen-bond donors (Lipinski definition) is 1. The van der Waals surface area contributed by atoms with Crippen LogP contribution in [0, 0.1) is 0 Å². The van der Waals surface area contributed by atoms with Gasteiger partial charge in [-0.25, -0.2) is 9.78 Å². The van der Waals surface area contributed by atoms with Crippen LogP contribution in [0.4, 0.5) is 4.79 Å². The highest BCUT2D eigenvalue weighted by molar-refractivity contribution is 7.13. The number of carbonyl (C=O) groups is 1. The molecule has 8 heteroatoms. The first-order chi connectivity index (χ1) is 13.8. The summed E-state index contributed by atoms with van der Waals surface area (Å²) in [6.45, 7) is 8.64. The van der Waals surface area contributed by atoms with Crippen LogP contribution in [0.5, 0.6) is 0 Å². The third-order valence-corrected chi connectivity index (χ3v) is 6.26. The first-order valence-corrected chi connectivity index (χ1v) is 11.1. The Bertz CT molecular complexity index is 932. The van der Waals surface area contributed by atoms with Crippen LogP contribution in [0.3, 0.4) is 0 Å². The molecule has 1 unspecified atom stereocenters. The minimum atomic E-state index is -0.489. The SMILES string of the molecule is CC(C)(C)OC(=O)N1CCCC1CN1CCc2c(nc(-c3cccs3)[nH]c2=O)C1. The maximum atomic E-state index is 12.6. The van der Waals surface area contributed by atoms with Crippen molar-refractivity contribution in [2.75, 3.05) is 19.6 Å². The van der Waals surface area contributed by atoms with E-state index in [0.717, 1.165) is 48.6 Å². The summed E-state index contributed by atoms with van der Waals surface area (Å²) in [5.74, 6) is 0.641. The van der Waals surface area contributed by atoms with E-state index in [1.165, 1.54) is 0 Å². The van der Waals surface area contributed by atoms with Crippen molar-refractivity contribution >= 4 is 17.4 Å². The Morgan fingerprint density at radius 1 is 1.38 bits per heavy atom. The van der Waals surface area contributed by atoms with Crippen molar-refractivity contribution < 1.29 is 9.53 Å². The molecule has 1 saturated heterocycles. The number of H-pyrrole nitrogens is 1. The number of rotatable bonds is 3. The van der Waals surface area contributed by atoms with E-state index >= 15 is 0 Å². The van der Waals surface area contributed by atoms with Crippen LogP contribution in [-0.4, -0.2) is 57.1 Å². The van der Waals surface area contributed by atoms with Crippen molar-refractivity contribution in [1.82, 2.24) is 19.8 Å². The summed E-state index contributed by atoms with van der Waals surface area (Å²) in [6.07, 6.45) is 2.43. The Labute approximate surface area is 174 Å².